The summed E-state index contributed by atoms with van der Waals surface area (Å²) in [4.78, 5) is 30.6. The molecule has 2 N–H and O–H groups in total. The quantitative estimate of drug-likeness (QED) is 0.384. The fourth-order valence-corrected chi connectivity index (χ4v) is 2.83. The Hall–Kier alpha value is -2.00. The summed E-state index contributed by atoms with van der Waals surface area (Å²) >= 11 is 0. The molecule has 0 saturated heterocycles. The molecule has 8 nitrogen and oxygen atoms in total. The smallest absolute Gasteiger partial charge is 0.303 e. The van der Waals surface area contributed by atoms with Gasteiger partial charge in [0, 0.05) is 20.1 Å². The minimum Gasteiger partial charge on any atom is -0.456 e. The Kier molecular flexibility index (Phi) is 8.16. The molecule has 0 saturated carbocycles. The van der Waals surface area contributed by atoms with Gasteiger partial charge in [0.05, 0.1) is 6.20 Å². The molecule has 1 rings (SSSR count). The van der Waals surface area contributed by atoms with Gasteiger partial charge in [-0.3, -0.25) is 9.59 Å². The van der Waals surface area contributed by atoms with Crippen molar-refractivity contribution in [3.05, 3.63) is 12.5 Å². The Morgan fingerprint density at radius 3 is 2.58 bits per heavy atom. The highest BCUT2D eigenvalue weighted by Gasteiger charge is 2.36. The summed E-state index contributed by atoms with van der Waals surface area (Å²) in [6.45, 7) is 13.3. The van der Waals surface area contributed by atoms with E-state index in [2.05, 4.69) is 59.2 Å². The second-order valence-electron chi connectivity index (χ2n) is 7.50. The van der Waals surface area contributed by atoms with Gasteiger partial charge in [-0.25, -0.2) is 9.97 Å². The molecule has 0 bridgehead atoms. The molecule has 0 unspecified atom stereocenters. The molecule has 0 aliphatic rings. The van der Waals surface area contributed by atoms with E-state index in [-0.39, 0.29) is 11.6 Å². The maximum Gasteiger partial charge on any atom is 0.303 e. The summed E-state index contributed by atoms with van der Waals surface area (Å²) in [7, 11) is -1.74. The first-order valence-electron chi connectivity index (χ1n) is 8.64. The van der Waals surface area contributed by atoms with E-state index in [9.17, 15) is 9.59 Å². The Bertz CT molecular complexity index is 617. The molecule has 0 fully saturated rings. The number of nitrogens with zero attached hydrogens (tertiary/aromatic N) is 2. The van der Waals surface area contributed by atoms with E-state index in [0.29, 0.717) is 24.7 Å². The molecule has 1 amide bonds. The number of ether oxygens (including phenoxy) is 1. The van der Waals surface area contributed by atoms with Crippen molar-refractivity contribution in [1.82, 2.24) is 9.97 Å². The van der Waals surface area contributed by atoms with E-state index >= 15 is 0 Å². The SMILES string of the molecule is CC(=O)OCC(=O)Nc1cncnc1NCCCO[Si](C)(C)C(C)(C)C. The highest BCUT2D eigenvalue weighted by molar-refractivity contribution is 6.74. The van der Waals surface area contributed by atoms with Crippen molar-refractivity contribution in [2.24, 2.45) is 0 Å². The molecule has 9 heteroatoms. The number of esters is 1. The fourth-order valence-electron chi connectivity index (χ4n) is 1.74. The first-order chi connectivity index (χ1) is 12.0. The van der Waals surface area contributed by atoms with Crippen molar-refractivity contribution in [2.75, 3.05) is 30.4 Å². The van der Waals surface area contributed by atoms with Gasteiger partial charge in [0.25, 0.3) is 5.91 Å². The minimum atomic E-state index is -1.74. The van der Waals surface area contributed by atoms with Gasteiger partial charge in [0.2, 0.25) is 0 Å². The van der Waals surface area contributed by atoms with E-state index in [1.54, 1.807) is 0 Å². The van der Waals surface area contributed by atoms with Crippen LogP contribution in [0.4, 0.5) is 11.5 Å². The number of carbonyl (C=O) groups is 2. The monoisotopic (exact) mass is 382 g/mol. The van der Waals surface area contributed by atoms with E-state index in [0.717, 1.165) is 6.42 Å². The lowest BCUT2D eigenvalue weighted by molar-refractivity contribution is -0.144. The standard InChI is InChI=1S/C17H30N4O4Si/c1-13(22)24-11-15(23)21-14-10-18-12-20-16(14)19-8-7-9-25-26(5,6)17(2,3)4/h10,12H,7-9,11H2,1-6H3,(H,21,23)(H,18,19,20). The van der Waals surface area contributed by atoms with Crippen molar-refractivity contribution in [1.29, 1.82) is 0 Å². The van der Waals surface area contributed by atoms with Crippen molar-refractivity contribution in [2.45, 2.75) is 52.2 Å². The molecule has 0 aliphatic heterocycles. The van der Waals surface area contributed by atoms with Gasteiger partial charge in [-0.1, -0.05) is 20.8 Å². The molecule has 1 aromatic rings. The molecular weight excluding hydrogens is 352 g/mol. The first kappa shape index (κ1) is 22.0. The third-order valence-electron chi connectivity index (χ3n) is 4.28. The zero-order valence-electron chi connectivity index (χ0n) is 16.5. The van der Waals surface area contributed by atoms with Gasteiger partial charge in [-0.15, -0.1) is 0 Å². The summed E-state index contributed by atoms with van der Waals surface area (Å²) in [5.74, 6) is -0.438. The topological polar surface area (TPSA) is 102 Å². The summed E-state index contributed by atoms with van der Waals surface area (Å²) in [5.41, 5.74) is 0.440. The zero-order chi connectivity index (χ0) is 19.8. The van der Waals surface area contributed by atoms with E-state index in [4.69, 9.17) is 4.43 Å². The number of hydrogen-bond acceptors (Lipinski definition) is 7. The minimum absolute atomic E-state index is 0.187. The van der Waals surface area contributed by atoms with Gasteiger partial charge in [-0.05, 0) is 24.6 Å². The van der Waals surface area contributed by atoms with Crippen molar-refractivity contribution in [3.63, 3.8) is 0 Å². The summed E-state index contributed by atoms with van der Waals surface area (Å²) in [6, 6.07) is 0. The highest BCUT2D eigenvalue weighted by Crippen LogP contribution is 2.36. The average Bonchev–Trinajstić information content (AvgIpc) is 2.53. The van der Waals surface area contributed by atoms with Crippen molar-refractivity contribution in [3.8, 4) is 0 Å². The number of rotatable bonds is 9. The third kappa shape index (κ3) is 7.48. The second-order valence-corrected chi connectivity index (χ2v) is 12.3. The van der Waals surface area contributed by atoms with Crippen LogP contribution in [0.5, 0.6) is 0 Å². The third-order valence-corrected chi connectivity index (χ3v) is 8.81. The lowest BCUT2D eigenvalue weighted by Crippen LogP contribution is -2.41. The van der Waals surface area contributed by atoms with Crippen LogP contribution in [0.2, 0.25) is 18.1 Å². The van der Waals surface area contributed by atoms with Gasteiger partial charge in [0.1, 0.15) is 12.0 Å². The molecule has 0 radical (unpaired) electrons. The van der Waals surface area contributed by atoms with Crippen LogP contribution in [-0.2, 0) is 18.8 Å². The van der Waals surface area contributed by atoms with Crippen molar-refractivity contribution < 1.29 is 18.8 Å². The maximum absolute atomic E-state index is 11.8. The number of nitrogens with one attached hydrogen (secondary N) is 2. The highest BCUT2D eigenvalue weighted by atomic mass is 28.4. The largest absolute Gasteiger partial charge is 0.456 e. The summed E-state index contributed by atoms with van der Waals surface area (Å²) in [5, 5.41) is 5.98. The van der Waals surface area contributed by atoms with Crippen molar-refractivity contribution >= 4 is 31.7 Å². The van der Waals surface area contributed by atoms with Crippen LogP contribution in [0.25, 0.3) is 0 Å². The molecule has 0 aliphatic carbocycles. The van der Waals surface area contributed by atoms with Gasteiger partial charge < -0.3 is 19.8 Å². The second kappa shape index (κ2) is 9.63. The number of anilines is 2. The fraction of sp³-hybridized carbons (Fsp3) is 0.647. The molecule has 1 heterocycles. The van der Waals surface area contributed by atoms with Crippen LogP contribution in [0.15, 0.2) is 12.5 Å². The number of amides is 1. The van der Waals surface area contributed by atoms with E-state index < -0.39 is 20.2 Å². The van der Waals surface area contributed by atoms with Crippen LogP contribution in [-0.4, -0.2) is 49.9 Å². The van der Waals surface area contributed by atoms with Gasteiger partial charge in [0.15, 0.2) is 20.7 Å². The van der Waals surface area contributed by atoms with Gasteiger partial charge in [-0.2, -0.15) is 0 Å². The van der Waals surface area contributed by atoms with Crippen LogP contribution >= 0.6 is 0 Å². The Balaban J connectivity index is 2.46. The first-order valence-corrected chi connectivity index (χ1v) is 11.5. The summed E-state index contributed by atoms with van der Waals surface area (Å²) < 4.78 is 10.8. The lowest BCUT2D eigenvalue weighted by Gasteiger charge is -2.36. The Labute approximate surface area is 156 Å². The average molecular weight is 383 g/mol. The number of carbonyl (C=O) groups excluding carboxylic acids is 2. The lowest BCUT2D eigenvalue weighted by atomic mass is 10.2. The molecule has 26 heavy (non-hydrogen) atoms. The number of hydrogen-bond donors (Lipinski definition) is 2. The van der Waals surface area contributed by atoms with Crippen LogP contribution in [0, 0.1) is 0 Å². The molecule has 0 spiro atoms. The number of aromatic nitrogens is 2. The summed E-state index contributed by atoms with van der Waals surface area (Å²) in [6.07, 6.45) is 3.71. The molecule has 0 aromatic carbocycles. The van der Waals surface area contributed by atoms with Gasteiger partial charge >= 0.3 is 5.97 Å². The molecular formula is C17H30N4O4Si. The van der Waals surface area contributed by atoms with Crippen LogP contribution in [0.3, 0.4) is 0 Å². The van der Waals surface area contributed by atoms with Crippen LogP contribution < -0.4 is 10.6 Å². The van der Waals surface area contributed by atoms with Crippen LogP contribution in [0.1, 0.15) is 34.1 Å². The predicted molar refractivity (Wildman–Crippen MR) is 104 cm³/mol. The van der Waals surface area contributed by atoms with E-state index in [1.807, 2.05) is 0 Å². The molecule has 146 valence electrons. The Morgan fingerprint density at radius 1 is 1.27 bits per heavy atom. The van der Waals surface area contributed by atoms with E-state index in [1.165, 1.54) is 19.4 Å². The maximum atomic E-state index is 11.8. The predicted octanol–water partition coefficient (Wildman–Crippen LogP) is 2.80. The molecule has 0 atom stereocenters. The molecule has 1 aromatic heterocycles. The normalized spacial score (nSPS) is 11.8. The zero-order valence-corrected chi connectivity index (χ0v) is 17.5. The Morgan fingerprint density at radius 2 is 1.96 bits per heavy atom.